The van der Waals surface area contributed by atoms with Gasteiger partial charge in [-0.25, -0.2) is 0 Å². The lowest BCUT2D eigenvalue weighted by atomic mass is 9.83. The maximum atomic E-state index is 12.7. The number of hydrogen-bond donors (Lipinski definition) is 1. The minimum absolute atomic E-state index is 0.142. The maximum absolute atomic E-state index is 12.7. The van der Waals surface area contributed by atoms with Crippen molar-refractivity contribution in [2.45, 2.75) is 83.5 Å². The molecule has 2 aliphatic carbocycles. The molecule has 0 bridgehead atoms. The standard InChI is InChI=1S/C16H28N2O/c1-4-12-5-7-13(8-6-12)18-14(11(2)3)17-16(9-10-16)15(18)19/h11-14,17H,4-10H2,1-3H3. The van der Waals surface area contributed by atoms with E-state index in [1.807, 2.05) is 0 Å². The molecular weight excluding hydrogens is 236 g/mol. The Kier molecular flexibility index (Phi) is 3.36. The largest absolute Gasteiger partial charge is 0.322 e. The minimum atomic E-state index is -0.142. The number of nitrogens with one attached hydrogen (secondary N) is 1. The summed E-state index contributed by atoms with van der Waals surface area (Å²) < 4.78 is 0. The molecule has 1 amide bonds. The van der Waals surface area contributed by atoms with Gasteiger partial charge >= 0.3 is 0 Å². The van der Waals surface area contributed by atoms with Gasteiger partial charge in [0.25, 0.3) is 0 Å². The molecule has 0 aromatic rings. The number of rotatable bonds is 3. The van der Waals surface area contributed by atoms with E-state index in [0.717, 1.165) is 18.8 Å². The van der Waals surface area contributed by atoms with Crippen molar-refractivity contribution in [3.05, 3.63) is 0 Å². The van der Waals surface area contributed by atoms with E-state index < -0.39 is 0 Å². The predicted molar refractivity (Wildman–Crippen MR) is 76.6 cm³/mol. The van der Waals surface area contributed by atoms with Gasteiger partial charge in [0.15, 0.2) is 0 Å². The Balaban J connectivity index is 1.73. The molecule has 19 heavy (non-hydrogen) atoms. The number of hydrogen-bond acceptors (Lipinski definition) is 2. The van der Waals surface area contributed by atoms with E-state index in [2.05, 4.69) is 31.0 Å². The van der Waals surface area contributed by atoms with Gasteiger partial charge in [0.05, 0.1) is 11.7 Å². The van der Waals surface area contributed by atoms with Gasteiger partial charge in [-0.1, -0.05) is 27.2 Å². The van der Waals surface area contributed by atoms with E-state index >= 15 is 0 Å². The Hall–Kier alpha value is -0.570. The van der Waals surface area contributed by atoms with Crippen LogP contribution in [0.4, 0.5) is 0 Å². The van der Waals surface area contributed by atoms with Gasteiger partial charge < -0.3 is 4.90 Å². The number of carbonyl (C=O) groups is 1. The monoisotopic (exact) mass is 264 g/mol. The van der Waals surface area contributed by atoms with Gasteiger partial charge in [-0.3, -0.25) is 10.1 Å². The molecule has 3 aliphatic rings. The fourth-order valence-corrected chi connectivity index (χ4v) is 3.98. The maximum Gasteiger partial charge on any atom is 0.244 e. The molecule has 0 radical (unpaired) electrons. The highest BCUT2D eigenvalue weighted by atomic mass is 16.2. The van der Waals surface area contributed by atoms with Crippen LogP contribution in [0.15, 0.2) is 0 Å². The molecule has 3 fully saturated rings. The summed E-state index contributed by atoms with van der Waals surface area (Å²) in [4.78, 5) is 15.0. The molecule has 108 valence electrons. The summed E-state index contributed by atoms with van der Waals surface area (Å²) in [5, 5.41) is 3.64. The number of carbonyl (C=O) groups excluding carboxylic acids is 1. The fourth-order valence-electron chi connectivity index (χ4n) is 3.98. The molecule has 1 saturated heterocycles. The van der Waals surface area contributed by atoms with Crippen molar-refractivity contribution in [3.8, 4) is 0 Å². The molecule has 3 heteroatoms. The predicted octanol–water partition coefficient (Wildman–Crippen LogP) is 2.90. The minimum Gasteiger partial charge on any atom is -0.322 e. The molecule has 0 aromatic heterocycles. The smallest absolute Gasteiger partial charge is 0.244 e. The van der Waals surface area contributed by atoms with Crippen LogP contribution >= 0.6 is 0 Å². The van der Waals surface area contributed by atoms with Gasteiger partial charge in [0.1, 0.15) is 0 Å². The first-order valence-electron chi connectivity index (χ1n) is 8.18. The molecule has 2 saturated carbocycles. The Morgan fingerprint density at radius 2 is 1.89 bits per heavy atom. The molecule has 1 spiro atoms. The summed E-state index contributed by atoms with van der Waals surface area (Å²) in [7, 11) is 0. The van der Waals surface area contributed by atoms with E-state index in [9.17, 15) is 4.79 Å². The van der Waals surface area contributed by atoms with Crippen LogP contribution in [0.5, 0.6) is 0 Å². The summed E-state index contributed by atoms with van der Waals surface area (Å²) in [6.07, 6.45) is 8.72. The zero-order valence-electron chi connectivity index (χ0n) is 12.6. The Morgan fingerprint density at radius 1 is 1.26 bits per heavy atom. The molecule has 3 rings (SSSR count). The van der Waals surface area contributed by atoms with Crippen molar-refractivity contribution in [2.75, 3.05) is 0 Å². The fraction of sp³-hybridized carbons (Fsp3) is 0.938. The van der Waals surface area contributed by atoms with Crippen LogP contribution in [-0.4, -0.2) is 28.6 Å². The van der Waals surface area contributed by atoms with E-state index in [0.29, 0.717) is 17.9 Å². The third-order valence-corrected chi connectivity index (χ3v) is 5.54. The van der Waals surface area contributed by atoms with Crippen LogP contribution < -0.4 is 5.32 Å². The average molecular weight is 264 g/mol. The van der Waals surface area contributed by atoms with Crippen molar-refractivity contribution >= 4 is 5.91 Å². The van der Waals surface area contributed by atoms with Crippen molar-refractivity contribution in [1.82, 2.24) is 10.2 Å². The molecule has 1 atom stereocenters. The van der Waals surface area contributed by atoms with Crippen molar-refractivity contribution < 1.29 is 4.79 Å². The third kappa shape index (κ3) is 2.20. The van der Waals surface area contributed by atoms with Crippen molar-refractivity contribution in [1.29, 1.82) is 0 Å². The highest BCUT2D eigenvalue weighted by Crippen LogP contribution is 2.45. The topological polar surface area (TPSA) is 32.3 Å². The second-order valence-corrected chi connectivity index (χ2v) is 7.21. The summed E-state index contributed by atoms with van der Waals surface area (Å²) >= 11 is 0. The van der Waals surface area contributed by atoms with Crippen molar-refractivity contribution in [3.63, 3.8) is 0 Å². The first kappa shape index (κ1) is 13.4. The summed E-state index contributed by atoms with van der Waals surface area (Å²) in [5.41, 5.74) is -0.142. The third-order valence-electron chi connectivity index (χ3n) is 5.54. The summed E-state index contributed by atoms with van der Waals surface area (Å²) in [5.74, 6) is 1.81. The van der Waals surface area contributed by atoms with Gasteiger partial charge in [-0.05, 0) is 50.4 Å². The van der Waals surface area contributed by atoms with Crippen LogP contribution in [0.3, 0.4) is 0 Å². The van der Waals surface area contributed by atoms with E-state index in [4.69, 9.17) is 0 Å². The molecule has 1 aliphatic heterocycles. The average Bonchev–Trinajstić information content (AvgIpc) is 3.13. The Labute approximate surface area is 117 Å². The summed E-state index contributed by atoms with van der Waals surface area (Å²) in [6.45, 7) is 6.76. The normalized spacial score (nSPS) is 37.4. The first-order chi connectivity index (χ1) is 9.07. The van der Waals surface area contributed by atoms with Crippen molar-refractivity contribution in [2.24, 2.45) is 11.8 Å². The van der Waals surface area contributed by atoms with Crippen LogP contribution in [0.1, 0.15) is 65.7 Å². The number of amides is 1. The number of nitrogens with zero attached hydrogens (tertiary/aromatic N) is 1. The van der Waals surface area contributed by atoms with Gasteiger partial charge in [0.2, 0.25) is 5.91 Å². The van der Waals surface area contributed by atoms with E-state index in [1.54, 1.807) is 0 Å². The quantitative estimate of drug-likeness (QED) is 0.850. The molecule has 1 N–H and O–H groups in total. The zero-order chi connectivity index (χ0) is 13.6. The second kappa shape index (κ2) is 4.76. The molecule has 1 heterocycles. The lowest BCUT2D eigenvalue weighted by Crippen LogP contribution is -2.48. The van der Waals surface area contributed by atoms with Gasteiger partial charge in [-0.15, -0.1) is 0 Å². The Bertz CT molecular complexity index is 354. The lowest BCUT2D eigenvalue weighted by molar-refractivity contribution is -0.134. The highest BCUT2D eigenvalue weighted by molar-refractivity contribution is 5.92. The molecule has 1 unspecified atom stereocenters. The van der Waals surface area contributed by atoms with Crippen LogP contribution in [0.2, 0.25) is 0 Å². The summed E-state index contributed by atoms with van der Waals surface area (Å²) in [6, 6.07) is 0.496. The lowest BCUT2D eigenvalue weighted by Gasteiger charge is -2.38. The van der Waals surface area contributed by atoms with Crippen LogP contribution in [0, 0.1) is 11.8 Å². The first-order valence-corrected chi connectivity index (χ1v) is 8.18. The second-order valence-electron chi connectivity index (χ2n) is 7.21. The SMILES string of the molecule is CCC1CCC(N2C(=O)C3(CC3)NC2C(C)C)CC1. The van der Waals surface area contributed by atoms with Gasteiger partial charge in [-0.2, -0.15) is 0 Å². The van der Waals surface area contributed by atoms with E-state index in [-0.39, 0.29) is 11.7 Å². The van der Waals surface area contributed by atoms with Crippen LogP contribution in [0.25, 0.3) is 0 Å². The molecule has 3 nitrogen and oxygen atoms in total. The molecular formula is C16H28N2O. The molecule has 0 aromatic carbocycles. The Morgan fingerprint density at radius 3 is 2.37 bits per heavy atom. The van der Waals surface area contributed by atoms with Crippen LogP contribution in [-0.2, 0) is 4.79 Å². The zero-order valence-corrected chi connectivity index (χ0v) is 12.6. The highest BCUT2D eigenvalue weighted by Gasteiger charge is 2.60. The van der Waals surface area contributed by atoms with E-state index in [1.165, 1.54) is 32.1 Å². The van der Waals surface area contributed by atoms with Gasteiger partial charge in [0, 0.05) is 6.04 Å².